The highest BCUT2D eigenvalue weighted by molar-refractivity contribution is 6.30. The molecule has 2 amide bonds. The minimum Gasteiger partial charge on any atom is -0.381 e. The largest absolute Gasteiger partial charge is 0.381 e. The van der Waals surface area contributed by atoms with Crippen molar-refractivity contribution in [1.29, 1.82) is 0 Å². The Morgan fingerprint density at radius 3 is 2.46 bits per heavy atom. The zero-order chi connectivity index (χ0) is 16.9. The molecule has 1 N–H and O–H groups in total. The van der Waals surface area contributed by atoms with Gasteiger partial charge in [-0.05, 0) is 43.9 Å². The van der Waals surface area contributed by atoms with Gasteiger partial charge in [-0.25, -0.2) is 0 Å². The van der Waals surface area contributed by atoms with Crippen LogP contribution in [0.5, 0.6) is 0 Å². The lowest BCUT2D eigenvalue weighted by Gasteiger charge is -2.34. The van der Waals surface area contributed by atoms with Crippen LogP contribution in [0.4, 0.5) is 5.69 Å². The van der Waals surface area contributed by atoms with Crippen molar-refractivity contribution in [2.45, 2.75) is 25.7 Å². The molecule has 0 radical (unpaired) electrons. The highest BCUT2D eigenvalue weighted by atomic mass is 35.5. The predicted octanol–water partition coefficient (Wildman–Crippen LogP) is 2.94. The van der Waals surface area contributed by atoms with Crippen molar-refractivity contribution in [2.75, 3.05) is 31.6 Å². The fourth-order valence-electron chi connectivity index (χ4n) is 3.38. The summed E-state index contributed by atoms with van der Waals surface area (Å²) in [7, 11) is 0. The molecular formula is C18H23ClN2O3. The van der Waals surface area contributed by atoms with E-state index >= 15 is 0 Å². The number of anilines is 1. The van der Waals surface area contributed by atoms with Crippen molar-refractivity contribution in [3.63, 3.8) is 0 Å². The molecular weight excluding hydrogens is 328 g/mol. The molecule has 0 unspecified atom stereocenters. The second-order valence-corrected chi connectivity index (χ2v) is 6.92. The zero-order valence-electron chi connectivity index (χ0n) is 13.7. The maximum atomic E-state index is 12.5. The maximum Gasteiger partial charge on any atom is 0.227 e. The van der Waals surface area contributed by atoms with Crippen LogP contribution in [-0.2, 0) is 14.3 Å². The van der Waals surface area contributed by atoms with Crippen LogP contribution in [0.25, 0.3) is 0 Å². The van der Waals surface area contributed by atoms with Crippen molar-refractivity contribution in [3.05, 3.63) is 29.3 Å². The number of piperidine rings is 1. The Balaban J connectivity index is 1.49. The van der Waals surface area contributed by atoms with Gasteiger partial charge in [0.05, 0.1) is 0 Å². The van der Waals surface area contributed by atoms with E-state index in [1.165, 1.54) is 0 Å². The van der Waals surface area contributed by atoms with E-state index in [9.17, 15) is 9.59 Å². The van der Waals surface area contributed by atoms with Crippen LogP contribution in [0.3, 0.4) is 0 Å². The van der Waals surface area contributed by atoms with Gasteiger partial charge in [0.15, 0.2) is 0 Å². The number of likely N-dealkylation sites (tertiary alicyclic amines) is 1. The molecule has 2 heterocycles. The van der Waals surface area contributed by atoms with E-state index in [4.69, 9.17) is 16.3 Å². The molecule has 3 rings (SSSR count). The summed E-state index contributed by atoms with van der Waals surface area (Å²) < 4.78 is 5.32. The summed E-state index contributed by atoms with van der Waals surface area (Å²) in [6.07, 6.45) is 3.05. The Hall–Kier alpha value is -1.59. The predicted molar refractivity (Wildman–Crippen MR) is 92.9 cm³/mol. The highest BCUT2D eigenvalue weighted by Gasteiger charge is 2.31. The molecule has 1 aromatic rings. The molecule has 2 aliphatic rings. The fourth-order valence-corrected chi connectivity index (χ4v) is 3.57. The van der Waals surface area contributed by atoms with Crippen molar-refractivity contribution in [2.24, 2.45) is 11.8 Å². The SMILES string of the molecule is O=C(Nc1cccc(Cl)c1)C1CCN(C(=O)C2CCOCC2)CC1. The molecule has 0 atom stereocenters. The molecule has 0 spiro atoms. The van der Waals surface area contributed by atoms with E-state index in [1.54, 1.807) is 12.1 Å². The smallest absolute Gasteiger partial charge is 0.227 e. The van der Waals surface area contributed by atoms with Crippen LogP contribution in [-0.4, -0.2) is 43.0 Å². The molecule has 2 aliphatic heterocycles. The minimum absolute atomic E-state index is 0.00966. The van der Waals surface area contributed by atoms with Gasteiger partial charge in [0.25, 0.3) is 0 Å². The normalized spacial score (nSPS) is 20.0. The van der Waals surface area contributed by atoms with Crippen molar-refractivity contribution >= 4 is 29.1 Å². The van der Waals surface area contributed by atoms with Gasteiger partial charge < -0.3 is 15.0 Å². The third kappa shape index (κ3) is 4.28. The van der Waals surface area contributed by atoms with E-state index in [-0.39, 0.29) is 23.7 Å². The first kappa shape index (κ1) is 17.2. The van der Waals surface area contributed by atoms with Gasteiger partial charge in [0, 0.05) is 48.8 Å². The van der Waals surface area contributed by atoms with Crippen LogP contribution in [0.1, 0.15) is 25.7 Å². The summed E-state index contributed by atoms with van der Waals surface area (Å²) in [5, 5.41) is 3.52. The van der Waals surface area contributed by atoms with Gasteiger partial charge in [-0.15, -0.1) is 0 Å². The Morgan fingerprint density at radius 2 is 1.79 bits per heavy atom. The van der Waals surface area contributed by atoms with Gasteiger partial charge in [-0.3, -0.25) is 9.59 Å². The second-order valence-electron chi connectivity index (χ2n) is 6.49. The number of rotatable bonds is 3. The van der Waals surface area contributed by atoms with Gasteiger partial charge in [0.2, 0.25) is 11.8 Å². The lowest BCUT2D eigenvalue weighted by Crippen LogP contribution is -2.45. The molecule has 2 saturated heterocycles. The Kier molecular flexibility index (Phi) is 5.74. The Morgan fingerprint density at radius 1 is 1.08 bits per heavy atom. The molecule has 0 saturated carbocycles. The van der Waals surface area contributed by atoms with Crippen LogP contribution in [0.15, 0.2) is 24.3 Å². The number of carbonyl (C=O) groups excluding carboxylic acids is 2. The quantitative estimate of drug-likeness (QED) is 0.911. The number of nitrogens with one attached hydrogen (secondary N) is 1. The average molecular weight is 351 g/mol. The van der Waals surface area contributed by atoms with Crippen molar-refractivity contribution in [1.82, 2.24) is 4.90 Å². The maximum absolute atomic E-state index is 12.5. The highest BCUT2D eigenvalue weighted by Crippen LogP contribution is 2.24. The standard InChI is InChI=1S/C18H23ClN2O3/c19-15-2-1-3-16(12-15)20-17(22)13-4-8-21(9-5-13)18(23)14-6-10-24-11-7-14/h1-3,12-14H,4-11H2,(H,20,22). The molecule has 0 bridgehead atoms. The van der Waals surface area contributed by atoms with E-state index < -0.39 is 0 Å². The monoisotopic (exact) mass is 350 g/mol. The summed E-state index contributed by atoms with van der Waals surface area (Å²) in [5.74, 6) is 0.278. The summed E-state index contributed by atoms with van der Waals surface area (Å²) in [5.41, 5.74) is 0.716. The number of amides is 2. The van der Waals surface area contributed by atoms with Crippen LogP contribution in [0, 0.1) is 11.8 Å². The number of nitrogens with zero attached hydrogens (tertiary/aromatic N) is 1. The van der Waals surface area contributed by atoms with Crippen molar-refractivity contribution < 1.29 is 14.3 Å². The summed E-state index contributed by atoms with van der Waals surface area (Å²) in [6, 6.07) is 7.15. The molecule has 6 heteroatoms. The van der Waals surface area contributed by atoms with Gasteiger partial charge in [-0.2, -0.15) is 0 Å². The van der Waals surface area contributed by atoms with Gasteiger partial charge in [0.1, 0.15) is 0 Å². The molecule has 5 nitrogen and oxygen atoms in total. The minimum atomic E-state index is -0.0530. The number of hydrogen-bond donors (Lipinski definition) is 1. The summed E-state index contributed by atoms with van der Waals surface area (Å²) in [4.78, 5) is 26.8. The van der Waals surface area contributed by atoms with E-state index in [0.717, 1.165) is 12.8 Å². The zero-order valence-corrected chi connectivity index (χ0v) is 14.4. The lowest BCUT2D eigenvalue weighted by atomic mass is 9.93. The number of hydrogen-bond acceptors (Lipinski definition) is 3. The number of ether oxygens (including phenoxy) is 1. The van der Waals surface area contributed by atoms with Crippen molar-refractivity contribution in [3.8, 4) is 0 Å². The first-order valence-corrected chi connectivity index (χ1v) is 8.94. The number of halogens is 1. The van der Waals surface area contributed by atoms with E-state index in [1.807, 2.05) is 17.0 Å². The molecule has 0 aromatic heterocycles. The second kappa shape index (κ2) is 7.99. The number of benzene rings is 1. The first-order chi connectivity index (χ1) is 11.6. The summed E-state index contributed by atoms with van der Waals surface area (Å²) >= 11 is 5.94. The van der Waals surface area contributed by atoms with Crippen LogP contribution >= 0.6 is 11.6 Å². The Labute approximate surface area is 147 Å². The third-order valence-corrected chi connectivity index (χ3v) is 5.08. The van der Waals surface area contributed by atoms with Gasteiger partial charge >= 0.3 is 0 Å². The van der Waals surface area contributed by atoms with Crippen LogP contribution in [0.2, 0.25) is 5.02 Å². The molecule has 130 valence electrons. The van der Waals surface area contributed by atoms with E-state index in [2.05, 4.69) is 5.32 Å². The average Bonchev–Trinajstić information content (AvgIpc) is 2.62. The Bertz CT molecular complexity index is 594. The molecule has 0 aliphatic carbocycles. The molecule has 1 aromatic carbocycles. The third-order valence-electron chi connectivity index (χ3n) is 4.84. The topological polar surface area (TPSA) is 58.6 Å². The molecule has 2 fully saturated rings. The van der Waals surface area contributed by atoms with E-state index in [0.29, 0.717) is 49.9 Å². The van der Waals surface area contributed by atoms with Crippen LogP contribution < -0.4 is 5.32 Å². The lowest BCUT2D eigenvalue weighted by molar-refractivity contribution is -0.141. The first-order valence-electron chi connectivity index (χ1n) is 8.56. The summed E-state index contributed by atoms with van der Waals surface area (Å²) in [6.45, 7) is 2.66. The number of carbonyl (C=O) groups is 2. The molecule has 24 heavy (non-hydrogen) atoms. The fraction of sp³-hybridized carbons (Fsp3) is 0.556. The van der Waals surface area contributed by atoms with Gasteiger partial charge in [-0.1, -0.05) is 17.7 Å².